The molecule has 0 amide bonds. The van der Waals surface area contributed by atoms with Gasteiger partial charge in [-0.25, -0.2) is 4.79 Å². The summed E-state index contributed by atoms with van der Waals surface area (Å²) in [5, 5.41) is 0.331. The number of carbonyl (C=O) groups excluding carboxylic acids is 1. The van der Waals surface area contributed by atoms with E-state index in [9.17, 15) is 9.59 Å². The molecule has 126 valence electrons. The maximum atomic E-state index is 12.6. The Morgan fingerprint density at radius 1 is 1.42 bits per heavy atom. The second-order valence-corrected chi connectivity index (χ2v) is 5.71. The van der Waals surface area contributed by atoms with Crippen molar-refractivity contribution >= 4 is 28.9 Å². The van der Waals surface area contributed by atoms with E-state index in [1.54, 1.807) is 12.1 Å². The van der Waals surface area contributed by atoms with Crippen molar-refractivity contribution in [2.75, 3.05) is 31.7 Å². The molecule has 0 spiro atoms. The highest BCUT2D eigenvalue weighted by molar-refractivity contribution is 5.97. The summed E-state index contributed by atoms with van der Waals surface area (Å²) in [6.45, 7) is 7.61. The lowest BCUT2D eigenvalue weighted by molar-refractivity contribution is 0.0517. The average Bonchev–Trinajstić information content (AvgIpc) is 2.60. The summed E-state index contributed by atoms with van der Waals surface area (Å²) in [4.78, 5) is 26.3. The van der Waals surface area contributed by atoms with E-state index < -0.39 is 5.97 Å². The number of hydrogen-bond acceptors (Lipinski definition) is 6. The van der Waals surface area contributed by atoms with Crippen molar-refractivity contribution in [3.8, 4) is 0 Å². The third-order valence-electron chi connectivity index (χ3n) is 4.04. The van der Waals surface area contributed by atoms with Crippen molar-refractivity contribution in [2.24, 2.45) is 0 Å². The maximum Gasteiger partial charge on any atom is 0.337 e. The van der Waals surface area contributed by atoms with Crippen LogP contribution in [0.3, 0.4) is 0 Å². The SMILES string of the molecule is C=Cc1cc(C(=O)OC)cc2c(=O)cc(N3CCO[C@H](C)C3)oc12. The summed E-state index contributed by atoms with van der Waals surface area (Å²) < 4.78 is 16.2. The first kappa shape index (κ1) is 16.3. The summed E-state index contributed by atoms with van der Waals surface area (Å²) in [7, 11) is 1.30. The lowest BCUT2D eigenvalue weighted by Gasteiger charge is -2.31. The van der Waals surface area contributed by atoms with Crippen LogP contribution in [0.1, 0.15) is 22.8 Å². The number of nitrogens with zero attached hydrogens (tertiary/aromatic N) is 1. The first-order chi connectivity index (χ1) is 11.5. The largest absolute Gasteiger partial charge is 0.465 e. The van der Waals surface area contributed by atoms with Gasteiger partial charge in [0.15, 0.2) is 11.3 Å². The number of hydrogen-bond donors (Lipinski definition) is 0. The molecular formula is C18H19NO5. The van der Waals surface area contributed by atoms with E-state index in [4.69, 9.17) is 13.9 Å². The topological polar surface area (TPSA) is 69.0 Å². The van der Waals surface area contributed by atoms with E-state index in [1.165, 1.54) is 19.2 Å². The molecule has 1 aromatic carbocycles. The number of methoxy groups -OCH3 is 1. The zero-order valence-corrected chi connectivity index (χ0v) is 13.7. The maximum absolute atomic E-state index is 12.6. The summed E-state index contributed by atoms with van der Waals surface area (Å²) >= 11 is 0. The van der Waals surface area contributed by atoms with Crippen molar-refractivity contribution < 1.29 is 18.7 Å². The van der Waals surface area contributed by atoms with Crippen LogP contribution in [-0.2, 0) is 9.47 Å². The number of rotatable bonds is 3. The molecule has 6 nitrogen and oxygen atoms in total. The zero-order chi connectivity index (χ0) is 17.3. The lowest BCUT2D eigenvalue weighted by Crippen LogP contribution is -2.41. The molecule has 1 aliphatic rings. The number of ether oxygens (including phenoxy) is 2. The highest BCUT2D eigenvalue weighted by Gasteiger charge is 2.21. The Morgan fingerprint density at radius 3 is 2.88 bits per heavy atom. The molecular weight excluding hydrogens is 310 g/mol. The molecule has 0 unspecified atom stereocenters. The number of esters is 1. The van der Waals surface area contributed by atoms with E-state index in [-0.39, 0.29) is 11.5 Å². The van der Waals surface area contributed by atoms with Gasteiger partial charge in [0.2, 0.25) is 0 Å². The van der Waals surface area contributed by atoms with E-state index in [0.717, 1.165) is 0 Å². The molecule has 1 fully saturated rings. The molecule has 0 radical (unpaired) electrons. The van der Waals surface area contributed by atoms with Crippen LogP contribution in [-0.4, -0.2) is 38.9 Å². The average molecular weight is 329 g/mol. The lowest BCUT2D eigenvalue weighted by atomic mass is 10.1. The zero-order valence-electron chi connectivity index (χ0n) is 13.7. The summed E-state index contributed by atoms with van der Waals surface area (Å²) in [6, 6.07) is 4.55. The molecule has 6 heteroatoms. The molecule has 3 rings (SSSR count). The van der Waals surface area contributed by atoms with Crippen molar-refractivity contribution in [1.29, 1.82) is 0 Å². The minimum atomic E-state index is -0.509. The summed E-state index contributed by atoms with van der Waals surface area (Å²) in [5.41, 5.74) is 1.08. The minimum Gasteiger partial charge on any atom is -0.465 e. The van der Waals surface area contributed by atoms with Gasteiger partial charge in [-0.3, -0.25) is 4.79 Å². The monoisotopic (exact) mass is 329 g/mol. The van der Waals surface area contributed by atoms with Crippen LogP contribution in [0.2, 0.25) is 0 Å². The Morgan fingerprint density at radius 2 is 2.21 bits per heavy atom. The predicted molar refractivity (Wildman–Crippen MR) is 91.5 cm³/mol. The second kappa shape index (κ2) is 6.49. The molecule has 0 N–H and O–H groups in total. The Balaban J connectivity index is 2.15. The van der Waals surface area contributed by atoms with Crippen LogP contribution in [0.4, 0.5) is 5.88 Å². The van der Waals surface area contributed by atoms with E-state index in [0.29, 0.717) is 47.7 Å². The fraction of sp³-hybridized carbons (Fsp3) is 0.333. The quantitative estimate of drug-likeness (QED) is 0.806. The van der Waals surface area contributed by atoms with E-state index >= 15 is 0 Å². The van der Waals surface area contributed by atoms with Crippen molar-refractivity contribution in [1.82, 2.24) is 0 Å². The van der Waals surface area contributed by atoms with E-state index in [2.05, 4.69) is 6.58 Å². The summed E-state index contributed by atoms with van der Waals surface area (Å²) in [6.07, 6.45) is 1.63. The van der Waals surface area contributed by atoms with E-state index in [1.807, 2.05) is 11.8 Å². The third kappa shape index (κ3) is 2.92. The summed E-state index contributed by atoms with van der Waals surface area (Å²) in [5.74, 6) is -0.0120. The highest BCUT2D eigenvalue weighted by atomic mass is 16.5. The molecule has 24 heavy (non-hydrogen) atoms. The van der Waals surface area contributed by atoms with Gasteiger partial charge in [0.1, 0.15) is 5.58 Å². The number of benzene rings is 1. The van der Waals surface area contributed by atoms with Crippen LogP contribution < -0.4 is 10.3 Å². The molecule has 1 atom stereocenters. The predicted octanol–water partition coefficient (Wildman–Crippen LogP) is 2.45. The van der Waals surface area contributed by atoms with Crippen LogP contribution >= 0.6 is 0 Å². The Labute approximate surface area is 139 Å². The molecule has 0 bridgehead atoms. The molecule has 0 saturated carbocycles. The Bertz CT molecular complexity index is 854. The van der Waals surface area contributed by atoms with Crippen molar-refractivity contribution in [3.63, 3.8) is 0 Å². The first-order valence-corrected chi connectivity index (χ1v) is 7.72. The fourth-order valence-electron chi connectivity index (χ4n) is 2.83. The molecule has 2 aromatic rings. The smallest absolute Gasteiger partial charge is 0.337 e. The van der Waals surface area contributed by atoms with Crippen LogP contribution in [0.25, 0.3) is 17.0 Å². The molecule has 1 aliphatic heterocycles. The van der Waals surface area contributed by atoms with Gasteiger partial charge in [-0.05, 0) is 19.1 Å². The number of fused-ring (bicyclic) bond motifs is 1. The van der Waals surface area contributed by atoms with Crippen LogP contribution in [0, 0.1) is 0 Å². The highest BCUT2D eigenvalue weighted by Crippen LogP contribution is 2.26. The van der Waals surface area contributed by atoms with Crippen molar-refractivity contribution in [2.45, 2.75) is 13.0 Å². The fourth-order valence-corrected chi connectivity index (χ4v) is 2.83. The number of carbonyl (C=O) groups is 1. The molecule has 1 saturated heterocycles. The number of morpholine rings is 1. The molecule has 0 aliphatic carbocycles. The first-order valence-electron chi connectivity index (χ1n) is 7.72. The standard InChI is InChI=1S/C18H19NO5/c1-4-12-7-13(18(21)22-3)8-14-15(20)9-16(24-17(12)14)19-5-6-23-11(2)10-19/h4,7-9,11H,1,5-6,10H2,2-3H3/t11-/m1/s1. The number of anilines is 1. The van der Waals surface area contributed by atoms with Crippen molar-refractivity contribution in [3.05, 3.63) is 46.1 Å². The molecule has 2 heterocycles. The Hall–Kier alpha value is -2.60. The van der Waals surface area contributed by atoms with Gasteiger partial charge in [-0.1, -0.05) is 12.7 Å². The van der Waals surface area contributed by atoms with Gasteiger partial charge in [0, 0.05) is 24.7 Å². The van der Waals surface area contributed by atoms with Crippen LogP contribution in [0.15, 0.2) is 34.0 Å². The van der Waals surface area contributed by atoms with Gasteiger partial charge in [-0.15, -0.1) is 0 Å². The Kier molecular flexibility index (Phi) is 4.40. The van der Waals surface area contributed by atoms with Crippen LogP contribution in [0.5, 0.6) is 0 Å². The van der Waals surface area contributed by atoms with Gasteiger partial charge in [-0.2, -0.15) is 0 Å². The molecule has 1 aromatic heterocycles. The minimum absolute atomic E-state index is 0.0697. The second-order valence-electron chi connectivity index (χ2n) is 5.71. The van der Waals surface area contributed by atoms with Gasteiger partial charge in [0.05, 0.1) is 30.8 Å². The van der Waals surface area contributed by atoms with Gasteiger partial charge >= 0.3 is 5.97 Å². The normalized spacial score (nSPS) is 17.8. The van der Waals surface area contributed by atoms with Gasteiger partial charge in [0.25, 0.3) is 0 Å². The van der Waals surface area contributed by atoms with Gasteiger partial charge < -0.3 is 18.8 Å². The third-order valence-corrected chi connectivity index (χ3v) is 4.04.